The maximum absolute atomic E-state index is 6.06. The Morgan fingerprint density at radius 1 is 1.18 bits per heavy atom. The lowest BCUT2D eigenvalue weighted by Gasteiger charge is -2.31. The molecule has 17 heavy (non-hydrogen) atoms. The molecule has 0 amide bonds. The number of benzene rings is 1. The zero-order valence-electron chi connectivity index (χ0n) is 10.6. The first-order valence-corrected chi connectivity index (χ1v) is 7.01. The SMILES string of the molecule is CC(C)(CN1CCCC1)Oc1ccc(Br)cc1. The minimum absolute atomic E-state index is 0.127. The number of rotatable bonds is 4. The first-order chi connectivity index (χ1) is 8.05. The zero-order valence-corrected chi connectivity index (χ0v) is 12.2. The fourth-order valence-corrected chi connectivity index (χ4v) is 2.60. The molecule has 94 valence electrons. The highest BCUT2D eigenvalue weighted by molar-refractivity contribution is 9.10. The molecule has 2 nitrogen and oxygen atoms in total. The molecule has 0 aliphatic carbocycles. The summed E-state index contributed by atoms with van der Waals surface area (Å²) in [7, 11) is 0. The number of halogens is 1. The number of hydrogen-bond acceptors (Lipinski definition) is 2. The molecule has 0 atom stereocenters. The molecule has 0 N–H and O–H groups in total. The Morgan fingerprint density at radius 3 is 2.35 bits per heavy atom. The first-order valence-electron chi connectivity index (χ1n) is 6.22. The summed E-state index contributed by atoms with van der Waals surface area (Å²) in [5.41, 5.74) is -0.127. The molecule has 0 aromatic heterocycles. The van der Waals surface area contributed by atoms with Crippen LogP contribution in [-0.2, 0) is 0 Å². The average molecular weight is 298 g/mol. The topological polar surface area (TPSA) is 12.5 Å². The molecular weight excluding hydrogens is 278 g/mol. The third kappa shape index (κ3) is 4.00. The molecule has 1 aliphatic heterocycles. The molecule has 1 aromatic rings. The van der Waals surface area contributed by atoms with Crippen LogP contribution in [0.25, 0.3) is 0 Å². The van der Waals surface area contributed by atoms with Crippen molar-refractivity contribution in [3.05, 3.63) is 28.7 Å². The zero-order chi connectivity index (χ0) is 12.3. The van der Waals surface area contributed by atoms with Crippen LogP contribution in [0.15, 0.2) is 28.7 Å². The first kappa shape index (κ1) is 12.9. The molecule has 0 spiro atoms. The Morgan fingerprint density at radius 2 is 1.76 bits per heavy atom. The van der Waals surface area contributed by atoms with Gasteiger partial charge in [-0.05, 0) is 64.0 Å². The van der Waals surface area contributed by atoms with Crippen molar-refractivity contribution in [1.82, 2.24) is 4.90 Å². The van der Waals surface area contributed by atoms with Gasteiger partial charge in [-0.3, -0.25) is 4.90 Å². The van der Waals surface area contributed by atoms with Gasteiger partial charge in [0, 0.05) is 11.0 Å². The van der Waals surface area contributed by atoms with E-state index in [1.807, 2.05) is 24.3 Å². The Labute approximate surface area is 112 Å². The van der Waals surface area contributed by atoms with E-state index < -0.39 is 0 Å². The molecular formula is C14H20BrNO. The molecule has 0 unspecified atom stereocenters. The van der Waals surface area contributed by atoms with Gasteiger partial charge < -0.3 is 4.74 Å². The van der Waals surface area contributed by atoms with Gasteiger partial charge in [-0.15, -0.1) is 0 Å². The monoisotopic (exact) mass is 297 g/mol. The molecule has 1 heterocycles. The van der Waals surface area contributed by atoms with Gasteiger partial charge in [0.25, 0.3) is 0 Å². The van der Waals surface area contributed by atoms with Crippen LogP contribution in [-0.4, -0.2) is 30.1 Å². The highest BCUT2D eigenvalue weighted by Crippen LogP contribution is 2.22. The summed E-state index contributed by atoms with van der Waals surface area (Å²) in [5.74, 6) is 0.942. The molecule has 0 saturated carbocycles. The predicted octanol–water partition coefficient (Wildman–Crippen LogP) is 3.70. The normalized spacial score (nSPS) is 17.4. The van der Waals surface area contributed by atoms with Crippen molar-refractivity contribution in [2.24, 2.45) is 0 Å². The predicted molar refractivity (Wildman–Crippen MR) is 74.5 cm³/mol. The number of nitrogens with zero attached hydrogens (tertiary/aromatic N) is 1. The maximum atomic E-state index is 6.06. The van der Waals surface area contributed by atoms with Gasteiger partial charge in [0.1, 0.15) is 11.4 Å². The van der Waals surface area contributed by atoms with Crippen molar-refractivity contribution in [1.29, 1.82) is 0 Å². The van der Waals surface area contributed by atoms with Crippen LogP contribution in [0.3, 0.4) is 0 Å². The minimum atomic E-state index is -0.127. The summed E-state index contributed by atoms with van der Waals surface area (Å²) in [6.45, 7) is 7.75. The Bertz CT molecular complexity index is 355. The van der Waals surface area contributed by atoms with Crippen LogP contribution in [0.2, 0.25) is 0 Å². The van der Waals surface area contributed by atoms with E-state index in [0.717, 1.165) is 16.8 Å². The van der Waals surface area contributed by atoms with E-state index in [0.29, 0.717) is 0 Å². The van der Waals surface area contributed by atoms with Crippen LogP contribution in [0.1, 0.15) is 26.7 Å². The van der Waals surface area contributed by atoms with Gasteiger partial charge in [-0.1, -0.05) is 15.9 Å². The van der Waals surface area contributed by atoms with Crippen LogP contribution in [0.4, 0.5) is 0 Å². The molecule has 0 radical (unpaired) electrons. The summed E-state index contributed by atoms with van der Waals surface area (Å²) in [4.78, 5) is 2.48. The van der Waals surface area contributed by atoms with Crippen molar-refractivity contribution >= 4 is 15.9 Å². The lowest BCUT2D eigenvalue weighted by molar-refractivity contribution is 0.0684. The standard InChI is InChI=1S/C14H20BrNO/c1-14(2,11-16-9-3-4-10-16)17-13-7-5-12(15)6-8-13/h5-8H,3-4,9-11H2,1-2H3. The van der Waals surface area contributed by atoms with Crippen LogP contribution >= 0.6 is 15.9 Å². The second-order valence-corrected chi connectivity index (χ2v) is 6.21. The fraction of sp³-hybridized carbons (Fsp3) is 0.571. The Hall–Kier alpha value is -0.540. The summed E-state index contributed by atoms with van der Waals surface area (Å²) < 4.78 is 7.14. The quantitative estimate of drug-likeness (QED) is 0.840. The molecule has 1 aliphatic rings. The summed E-state index contributed by atoms with van der Waals surface area (Å²) in [6.07, 6.45) is 2.66. The van der Waals surface area contributed by atoms with Crippen molar-refractivity contribution in [3.8, 4) is 5.75 Å². The van der Waals surface area contributed by atoms with Crippen molar-refractivity contribution < 1.29 is 4.74 Å². The third-order valence-electron chi connectivity index (χ3n) is 3.01. The lowest BCUT2D eigenvalue weighted by Crippen LogP contribution is -2.41. The Kier molecular flexibility index (Phi) is 4.10. The van der Waals surface area contributed by atoms with E-state index in [1.165, 1.54) is 25.9 Å². The molecule has 2 rings (SSSR count). The lowest BCUT2D eigenvalue weighted by atomic mass is 10.1. The van der Waals surface area contributed by atoms with E-state index in [9.17, 15) is 0 Å². The van der Waals surface area contributed by atoms with E-state index in [4.69, 9.17) is 4.74 Å². The largest absolute Gasteiger partial charge is 0.487 e. The maximum Gasteiger partial charge on any atom is 0.120 e. The van der Waals surface area contributed by atoms with Crippen molar-refractivity contribution in [3.63, 3.8) is 0 Å². The average Bonchev–Trinajstić information content (AvgIpc) is 2.73. The molecule has 3 heteroatoms. The van der Waals surface area contributed by atoms with E-state index >= 15 is 0 Å². The minimum Gasteiger partial charge on any atom is -0.487 e. The summed E-state index contributed by atoms with van der Waals surface area (Å²) in [6, 6.07) is 8.05. The third-order valence-corrected chi connectivity index (χ3v) is 3.54. The highest BCUT2D eigenvalue weighted by Gasteiger charge is 2.25. The van der Waals surface area contributed by atoms with Crippen LogP contribution in [0, 0.1) is 0 Å². The molecule has 1 aromatic carbocycles. The van der Waals surface area contributed by atoms with Gasteiger partial charge in [0.2, 0.25) is 0 Å². The van der Waals surface area contributed by atoms with Gasteiger partial charge in [0.15, 0.2) is 0 Å². The summed E-state index contributed by atoms with van der Waals surface area (Å²) >= 11 is 3.43. The smallest absolute Gasteiger partial charge is 0.120 e. The highest BCUT2D eigenvalue weighted by atomic mass is 79.9. The summed E-state index contributed by atoms with van der Waals surface area (Å²) in [5, 5.41) is 0. The molecule has 1 saturated heterocycles. The fourth-order valence-electron chi connectivity index (χ4n) is 2.33. The second-order valence-electron chi connectivity index (χ2n) is 5.30. The number of likely N-dealkylation sites (tertiary alicyclic amines) is 1. The van der Waals surface area contributed by atoms with E-state index in [2.05, 4.69) is 34.7 Å². The second kappa shape index (κ2) is 5.40. The molecule has 0 bridgehead atoms. The Balaban J connectivity index is 1.93. The van der Waals surface area contributed by atoms with Gasteiger partial charge in [-0.25, -0.2) is 0 Å². The number of ether oxygens (including phenoxy) is 1. The van der Waals surface area contributed by atoms with Crippen molar-refractivity contribution in [2.45, 2.75) is 32.3 Å². The van der Waals surface area contributed by atoms with E-state index in [1.54, 1.807) is 0 Å². The van der Waals surface area contributed by atoms with Gasteiger partial charge >= 0.3 is 0 Å². The van der Waals surface area contributed by atoms with Crippen LogP contribution in [0.5, 0.6) is 5.75 Å². The van der Waals surface area contributed by atoms with Crippen molar-refractivity contribution in [2.75, 3.05) is 19.6 Å². The number of hydrogen-bond donors (Lipinski definition) is 0. The van der Waals surface area contributed by atoms with Gasteiger partial charge in [0.05, 0.1) is 0 Å². The van der Waals surface area contributed by atoms with Gasteiger partial charge in [-0.2, -0.15) is 0 Å². The molecule has 1 fully saturated rings. The van der Waals surface area contributed by atoms with E-state index in [-0.39, 0.29) is 5.60 Å². The van der Waals surface area contributed by atoms with Crippen LogP contribution < -0.4 is 4.74 Å².